The third-order valence-corrected chi connectivity index (χ3v) is 2.70. The monoisotopic (exact) mass is 338 g/mol. The van der Waals surface area contributed by atoms with Crippen LogP contribution in [0.15, 0.2) is 18.2 Å². The summed E-state index contributed by atoms with van der Waals surface area (Å²) in [5, 5.41) is 30.7. The molecule has 0 aliphatic rings. The molecule has 0 heterocycles. The van der Waals surface area contributed by atoms with Gasteiger partial charge in [-0.1, -0.05) is 0 Å². The third kappa shape index (κ3) is 5.71. The van der Waals surface area contributed by atoms with Gasteiger partial charge in [0.25, 0.3) is 5.69 Å². The Bertz CT molecular complexity index is 614. The summed E-state index contributed by atoms with van der Waals surface area (Å²) in [6.45, 7) is -1.33. The second-order valence-electron chi connectivity index (χ2n) is 3.92. The van der Waals surface area contributed by atoms with Crippen LogP contribution in [0.4, 0.5) is 11.4 Å². The first kappa shape index (κ1) is 17.9. The van der Waals surface area contributed by atoms with Crippen LogP contribution in [0.25, 0.3) is 0 Å². The fourth-order valence-corrected chi connectivity index (χ4v) is 1.67. The summed E-state index contributed by atoms with van der Waals surface area (Å²) >= 11 is 0. The number of ether oxygens (including phenoxy) is 1. The quantitative estimate of drug-likeness (QED) is 0.339. The summed E-state index contributed by atoms with van der Waals surface area (Å²) in [6.07, 6.45) is -1.47. The molecule has 0 radical (unpaired) electrons. The molecule has 0 fully saturated rings. The van der Waals surface area contributed by atoms with E-state index < -0.39 is 48.4 Å². The molecular formula is C9H11N2O10P. The van der Waals surface area contributed by atoms with Crippen LogP contribution in [-0.2, 0) is 9.09 Å². The van der Waals surface area contributed by atoms with Crippen molar-refractivity contribution in [2.24, 2.45) is 0 Å². The average molecular weight is 338 g/mol. The Balaban J connectivity index is 2.75. The largest absolute Gasteiger partial charge is 0.484 e. The standard InChI is InChI=1S/C9H11N2O10P/c12-7(5-21-22(17,18)19)4-20-9-2-1-6(10(13)14)3-8(9)11(15)16/h1-3,7,12H,4-5H2,(H2,17,18,19). The maximum atomic E-state index is 10.8. The lowest BCUT2D eigenvalue weighted by Gasteiger charge is -2.13. The van der Waals surface area contributed by atoms with Crippen molar-refractivity contribution in [1.29, 1.82) is 0 Å². The molecule has 0 bridgehead atoms. The SMILES string of the molecule is O=[N+]([O-])c1ccc(OCC(O)COP(=O)(O)O)c([N+](=O)[O-])c1. The van der Waals surface area contributed by atoms with Crippen molar-refractivity contribution in [2.75, 3.05) is 13.2 Å². The van der Waals surface area contributed by atoms with Gasteiger partial charge in [0.05, 0.1) is 22.5 Å². The van der Waals surface area contributed by atoms with Gasteiger partial charge in [-0.3, -0.25) is 24.8 Å². The van der Waals surface area contributed by atoms with E-state index in [1.807, 2.05) is 0 Å². The molecule has 0 aromatic heterocycles. The molecule has 0 aliphatic carbocycles. The minimum atomic E-state index is -4.76. The lowest BCUT2D eigenvalue weighted by atomic mass is 10.2. The highest BCUT2D eigenvalue weighted by molar-refractivity contribution is 7.46. The van der Waals surface area contributed by atoms with E-state index in [1.165, 1.54) is 0 Å². The first-order valence-electron chi connectivity index (χ1n) is 5.54. The fraction of sp³-hybridized carbons (Fsp3) is 0.333. The van der Waals surface area contributed by atoms with Gasteiger partial charge < -0.3 is 19.6 Å². The summed E-state index contributed by atoms with van der Waals surface area (Å²) in [5.41, 5.74) is -1.19. The van der Waals surface area contributed by atoms with Crippen molar-refractivity contribution < 1.29 is 38.6 Å². The number of nitro groups is 2. The fourth-order valence-electron chi connectivity index (χ4n) is 1.30. The second kappa shape index (κ2) is 7.24. The molecule has 0 saturated heterocycles. The van der Waals surface area contributed by atoms with Gasteiger partial charge in [0.1, 0.15) is 12.7 Å². The summed E-state index contributed by atoms with van der Waals surface area (Å²) in [7, 11) is -4.76. The van der Waals surface area contributed by atoms with E-state index in [0.29, 0.717) is 6.07 Å². The number of aliphatic hydroxyl groups excluding tert-OH is 1. The Morgan fingerprint density at radius 3 is 2.32 bits per heavy atom. The predicted molar refractivity (Wildman–Crippen MR) is 69.2 cm³/mol. The molecule has 1 atom stereocenters. The number of nitro benzene ring substituents is 2. The minimum absolute atomic E-state index is 0.342. The van der Waals surface area contributed by atoms with Gasteiger partial charge in [0.15, 0.2) is 5.75 Å². The number of phosphoric ester groups is 1. The van der Waals surface area contributed by atoms with Crippen molar-refractivity contribution in [2.45, 2.75) is 6.10 Å². The number of hydrogen-bond acceptors (Lipinski definition) is 8. The smallest absolute Gasteiger partial charge is 0.469 e. The van der Waals surface area contributed by atoms with Gasteiger partial charge in [0.2, 0.25) is 0 Å². The molecule has 13 heteroatoms. The van der Waals surface area contributed by atoms with Crippen molar-refractivity contribution >= 4 is 19.2 Å². The Morgan fingerprint density at radius 2 is 1.82 bits per heavy atom. The Hall–Kier alpha value is -2.11. The number of hydrogen-bond donors (Lipinski definition) is 3. The number of aliphatic hydroxyl groups is 1. The zero-order valence-electron chi connectivity index (χ0n) is 10.8. The predicted octanol–water partition coefficient (Wildman–Crippen LogP) is 0.352. The molecule has 22 heavy (non-hydrogen) atoms. The van der Waals surface area contributed by atoms with Gasteiger partial charge in [-0.15, -0.1) is 0 Å². The van der Waals surface area contributed by atoms with Crippen molar-refractivity contribution in [1.82, 2.24) is 0 Å². The Kier molecular flexibility index (Phi) is 5.91. The van der Waals surface area contributed by atoms with Gasteiger partial charge in [0, 0.05) is 6.07 Å². The molecule has 122 valence electrons. The number of benzene rings is 1. The molecule has 0 amide bonds. The van der Waals surface area contributed by atoms with Crippen molar-refractivity contribution in [3.63, 3.8) is 0 Å². The van der Waals surface area contributed by atoms with Gasteiger partial charge >= 0.3 is 13.5 Å². The topological polar surface area (TPSA) is 182 Å². The van der Waals surface area contributed by atoms with Crippen LogP contribution in [0, 0.1) is 20.2 Å². The van der Waals surface area contributed by atoms with Crippen LogP contribution < -0.4 is 4.74 Å². The summed E-state index contributed by atoms with van der Waals surface area (Å²) in [4.78, 5) is 36.5. The number of rotatable bonds is 8. The molecular weight excluding hydrogens is 327 g/mol. The van der Waals surface area contributed by atoms with Crippen LogP contribution >= 0.6 is 7.82 Å². The van der Waals surface area contributed by atoms with E-state index >= 15 is 0 Å². The zero-order chi connectivity index (χ0) is 16.9. The molecule has 0 saturated carbocycles. The molecule has 1 aromatic carbocycles. The summed E-state index contributed by atoms with van der Waals surface area (Å²) < 4.78 is 19.4. The maximum absolute atomic E-state index is 10.8. The summed E-state index contributed by atoms with van der Waals surface area (Å²) in [6, 6.07) is 2.64. The highest BCUT2D eigenvalue weighted by Crippen LogP contribution is 2.36. The van der Waals surface area contributed by atoms with Crippen LogP contribution in [0.1, 0.15) is 0 Å². The normalized spacial score (nSPS) is 12.7. The van der Waals surface area contributed by atoms with Crippen LogP contribution in [0.5, 0.6) is 5.75 Å². The van der Waals surface area contributed by atoms with E-state index in [2.05, 4.69) is 4.52 Å². The average Bonchev–Trinajstić information content (AvgIpc) is 2.41. The third-order valence-electron chi connectivity index (χ3n) is 2.22. The zero-order valence-corrected chi connectivity index (χ0v) is 11.7. The van der Waals surface area contributed by atoms with Crippen LogP contribution in [0.3, 0.4) is 0 Å². The van der Waals surface area contributed by atoms with Gasteiger partial charge in [-0.05, 0) is 6.07 Å². The lowest BCUT2D eigenvalue weighted by molar-refractivity contribution is -0.394. The highest BCUT2D eigenvalue weighted by Gasteiger charge is 2.22. The van der Waals surface area contributed by atoms with Crippen molar-refractivity contribution in [3.8, 4) is 5.75 Å². The van der Waals surface area contributed by atoms with E-state index in [1.54, 1.807) is 0 Å². The first-order valence-corrected chi connectivity index (χ1v) is 7.07. The van der Waals surface area contributed by atoms with Crippen LogP contribution in [0.2, 0.25) is 0 Å². The van der Waals surface area contributed by atoms with E-state index in [4.69, 9.17) is 14.5 Å². The first-order chi connectivity index (χ1) is 10.1. The number of nitrogens with zero attached hydrogens (tertiary/aromatic N) is 2. The van der Waals surface area contributed by atoms with E-state index in [0.717, 1.165) is 12.1 Å². The Morgan fingerprint density at radius 1 is 1.18 bits per heavy atom. The Labute approximate surface area is 122 Å². The maximum Gasteiger partial charge on any atom is 0.469 e. The van der Waals surface area contributed by atoms with Gasteiger partial charge in [-0.25, -0.2) is 4.57 Å². The molecule has 0 aliphatic heterocycles. The molecule has 3 N–H and O–H groups in total. The summed E-state index contributed by atoms with van der Waals surface area (Å²) in [5.74, 6) is -0.342. The molecule has 1 unspecified atom stereocenters. The molecule has 1 aromatic rings. The van der Waals surface area contributed by atoms with Crippen LogP contribution in [-0.4, -0.2) is 44.1 Å². The number of phosphoric acid groups is 1. The molecule has 12 nitrogen and oxygen atoms in total. The van der Waals surface area contributed by atoms with Crippen molar-refractivity contribution in [3.05, 3.63) is 38.4 Å². The highest BCUT2D eigenvalue weighted by atomic mass is 31.2. The van der Waals surface area contributed by atoms with Gasteiger partial charge in [-0.2, -0.15) is 0 Å². The van der Waals surface area contributed by atoms with E-state index in [9.17, 15) is 29.9 Å². The second-order valence-corrected chi connectivity index (χ2v) is 5.16. The molecule has 0 spiro atoms. The molecule has 1 rings (SSSR count). The number of non-ortho nitro benzene ring substituents is 1. The lowest BCUT2D eigenvalue weighted by Crippen LogP contribution is -2.23. The van der Waals surface area contributed by atoms with E-state index in [-0.39, 0.29) is 5.75 Å². The minimum Gasteiger partial charge on any atom is -0.484 e.